The molecule has 3 rings (SSSR count). The highest BCUT2D eigenvalue weighted by molar-refractivity contribution is 14.1. The van der Waals surface area contributed by atoms with Crippen LogP contribution >= 0.6 is 22.6 Å². The van der Waals surface area contributed by atoms with Crippen LogP contribution in [-0.2, 0) is 32.3 Å². The molecule has 0 aliphatic carbocycles. The van der Waals surface area contributed by atoms with Gasteiger partial charge in [-0.3, -0.25) is 29.0 Å². The molecule has 0 bridgehead atoms. The first kappa shape index (κ1) is 33.6. The fourth-order valence-electron chi connectivity index (χ4n) is 4.29. The van der Waals surface area contributed by atoms with E-state index >= 15 is 0 Å². The van der Waals surface area contributed by atoms with Gasteiger partial charge in [0, 0.05) is 27.8 Å². The number of hydrogen-bond donors (Lipinski definition) is 4. The second-order valence-corrected chi connectivity index (χ2v) is 17.3. The average molecular weight is 723 g/mol. The molecule has 0 radical (unpaired) electrons. The number of carboxylic acid groups (broad SMARTS) is 4. The molecule has 0 amide bonds. The van der Waals surface area contributed by atoms with Crippen LogP contribution in [0.15, 0.2) is 36.4 Å². The van der Waals surface area contributed by atoms with E-state index in [1.165, 1.54) is 9.80 Å². The molecule has 2 aromatic carbocycles. The molecule has 14 nitrogen and oxygen atoms in total. The van der Waals surface area contributed by atoms with Gasteiger partial charge in [0.2, 0.25) is 11.6 Å². The number of nitrogens with zero attached hydrogens (tertiary/aromatic N) is 6. The largest absolute Gasteiger partial charge is 0.480 e. The third kappa shape index (κ3) is 10.7. The van der Waals surface area contributed by atoms with Crippen molar-refractivity contribution in [2.45, 2.75) is 32.7 Å². The molecule has 0 saturated heterocycles. The van der Waals surface area contributed by atoms with E-state index in [2.05, 4.69) is 62.6 Å². The van der Waals surface area contributed by atoms with E-state index in [9.17, 15) is 29.4 Å². The summed E-state index contributed by atoms with van der Waals surface area (Å²) < 4.78 is 0.795. The van der Waals surface area contributed by atoms with Gasteiger partial charge in [0.15, 0.2) is 0 Å². The molecule has 0 fully saturated rings. The molecule has 43 heavy (non-hydrogen) atoms. The van der Waals surface area contributed by atoms with Crippen molar-refractivity contribution < 1.29 is 39.6 Å². The van der Waals surface area contributed by atoms with Gasteiger partial charge in [0.1, 0.15) is 0 Å². The second kappa shape index (κ2) is 14.5. The highest BCUT2D eigenvalue weighted by atomic mass is 127. The van der Waals surface area contributed by atoms with Crippen molar-refractivity contribution in [3.63, 3.8) is 0 Å². The van der Waals surface area contributed by atoms with Gasteiger partial charge in [-0.1, -0.05) is 37.0 Å². The van der Waals surface area contributed by atoms with Gasteiger partial charge in [-0.25, -0.2) is 0 Å². The lowest BCUT2D eigenvalue weighted by molar-refractivity contribution is -0.144. The first-order chi connectivity index (χ1) is 20.1. The second-order valence-electron chi connectivity index (χ2n) is 10.9. The highest BCUT2D eigenvalue weighted by Gasteiger charge is 2.22. The standard InChI is InChI=1S/C27H31IN6O8Si/c1-43(2,3)21-7-17(11-34(14-24(39)40)15-25(41)42)5-19(9-21)27-31-29-26(30-32-27)18-4-16(6-20(28)8-18)10-33(12-22(35)36)13-23(37)38/h4-9H,10-15H2,1-3H3,(H,35,36)(H,37,38)(H,39,40)(H,41,42). The quantitative estimate of drug-likeness (QED) is 0.130. The minimum atomic E-state index is -1.88. The number of hydrogen-bond acceptors (Lipinski definition) is 10. The van der Waals surface area contributed by atoms with Crippen LogP contribution < -0.4 is 5.19 Å². The van der Waals surface area contributed by atoms with Crippen LogP contribution in [0.3, 0.4) is 0 Å². The van der Waals surface area contributed by atoms with E-state index in [4.69, 9.17) is 10.2 Å². The monoisotopic (exact) mass is 722 g/mol. The van der Waals surface area contributed by atoms with E-state index in [1.54, 1.807) is 24.3 Å². The summed E-state index contributed by atoms with van der Waals surface area (Å²) in [5, 5.41) is 54.9. The molecule has 0 spiro atoms. The Kier molecular flexibility index (Phi) is 11.4. The number of rotatable bonds is 15. The first-order valence-corrected chi connectivity index (χ1v) is 17.5. The molecule has 1 heterocycles. The van der Waals surface area contributed by atoms with E-state index in [0.717, 1.165) is 8.76 Å². The fraction of sp³-hybridized carbons (Fsp3) is 0.333. The highest BCUT2D eigenvalue weighted by Crippen LogP contribution is 2.23. The van der Waals surface area contributed by atoms with E-state index in [1.807, 2.05) is 12.1 Å². The zero-order chi connectivity index (χ0) is 31.9. The predicted octanol–water partition coefficient (Wildman–Crippen LogP) is 1.69. The number of aliphatic carboxylic acids is 4. The van der Waals surface area contributed by atoms with Crippen LogP contribution in [-0.4, -0.2) is 109 Å². The zero-order valence-corrected chi connectivity index (χ0v) is 26.8. The van der Waals surface area contributed by atoms with E-state index < -0.39 is 58.1 Å². The molecule has 4 N–H and O–H groups in total. The Bertz CT molecular complexity index is 1480. The van der Waals surface area contributed by atoms with Crippen molar-refractivity contribution in [2.75, 3.05) is 26.2 Å². The van der Waals surface area contributed by atoms with E-state index in [-0.39, 0.29) is 24.7 Å². The average Bonchev–Trinajstić information content (AvgIpc) is 2.86. The summed E-state index contributed by atoms with van der Waals surface area (Å²) in [5.41, 5.74) is 2.54. The van der Waals surface area contributed by atoms with Crippen LogP contribution in [0.1, 0.15) is 11.1 Å². The molecule has 0 aliphatic heterocycles. The van der Waals surface area contributed by atoms with Crippen molar-refractivity contribution in [1.82, 2.24) is 30.2 Å². The lowest BCUT2D eigenvalue weighted by atomic mass is 10.1. The SMILES string of the molecule is C[Si](C)(C)c1cc(CN(CC(=O)O)CC(=O)O)cc(-c2nnc(-c3cc(I)cc(CN(CC(=O)O)CC(=O)O)c3)nn2)c1. The van der Waals surface area contributed by atoms with Gasteiger partial charge in [-0.15, -0.1) is 20.4 Å². The Morgan fingerprint density at radius 2 is 1.00 bits per heavy atom. The molecule has 16 heteroatoms. The van der Waals surface area contributed by atoms with Crippen LogP contribution in [0.25, 0.3) is 22.8 Å². The molecule has 1 aromatic heterocycles. The summed E-state index contributed by atoms with van der Waals surface area (Å²) in [4.78, 5) is 47.6. The number of halogens is 1. The van der Waals surface area contributed by atoms with Gasteiger partial charge < -0.3 is 20.4 Å². The fourth-order valence-corrected chi connectivity index (χ4v) is 6.24. The summed E-state index contributed by atoms with van der Waals surface area (Å²) >= 11 is 2.09. The molecule has 0 aliphatic rings. The molecular formula is C27H31IN6O8Si. The van der Waals surface area contributed by atoms with Gasteiger partial charge >= 0.3 is 23.9 Å². The van der Waals surface area contributed by atoms with Crippen molar-refractivity contribution >= 4 is 59.7 Å². The zero-order valence-electron chi connectivity index (χ0n) is 23.7. The maximum Gasteiger partial charge on any atom is 0.317 e. The Morgan fingerprint density at radius 3 is 1.37 bits per heavy atom. The Balaban J connectivity index is 1.94. The van der Waals surface area contributed by atoms with Gasteiger partial charge in [-0.2, -0.15) is 0 Å². The predicted molar refractivity (Wildman–Crippen MR) is 165 cm³/mol. The molecule has 0 saturated carbocycles. The van der Waals surface area contributed by atoms with Crippen molar-refractivity contribution in [3.8, 4) is 22.8 Å². The van der Waals surface area contributed by atoms with Crippen LogP contribution in [0, 0.1) is 3.57 Å². The smallest absolute Gasteiger partial charge is 0.317 e. The molecule has 0 atom stereocenters. The lowest BCUT2D eigenvalue weighted by Gasteiger charge is -2.22. The maximum absolute atomic E-state index is 11.3. The minimum Gasteiger partial charge on any atom is -0.480 e. The number of aromatic nitrogens is 4. The Labute approximate surface area is 261 Å². The Hall–Kier alpha value is -3.87. The Morgan fingerprint density at radius 1 is 0.628 bits per heavy atom. The number of benzene rings is 2. The van der Waals surface area contributed by atoms with Crippen molar-refractivity contribution in [3.05, 3.63) is 51.1 Å². The number of carbonyl (C=O) groups is 4. The summed E-state index contributed by atoms with van der Waals surface area (Å²) in [6, 6.07) is 11.0. The third-order valence-corrected chi connectivity index (χ3v) is 8.70. The van der Waals surface area contributed by atoms with Gasteiger partial charge in [0.25, 0.3) is 0 Å². The van der Waals surface area contributed by atoms with Crippen LogP contribution in [0.2, 0.25) is 19.6 Å². The van der Waals surface area contributed by atoms with E-state index in [0.29, 0.717) is 22.3 Å². The van der Waals surface area contributed by atoms with Crippen LogP contribution in [0.5, 0.6) is 0 Å². The minimum absolute atomic E-state index is 0.0778. The first-order valence-electron chi connectivity index (χ1n) is 12.9. The van der Waals surface area contributed by atoms with Crippen LogP contribution in [0.4, 0.5) is 0 Å². The lowest BCUT2D eigenvalue weighted by Crippen LogP contribution is -2.39. The van der Waals surface area contributed by atoms with Gasteiger partial charge in [-0.05, 0) is 58.0 Å². The molecule has 0 unspecified atom stereocenters. The van der Waals surface area contributed by atoms with Gasteiger partial charge in [0.05, 0.1) is 34.3 Å². The maximum atomic E-state index is 11.3. The number of carboxylic acids is 4. The van der Waals surface area contributed by atoms with Crippen molar-refractivity contribution in [1.29, 1.82) is 0 Å². The van der Waals surface area contributed by atoms with Crippen molar-refractivity contribution in [2.24, 2.45) is 0 Å². The molecule has 3 aromatic rings. The normalized spacial score (nSPS) is 11.6. The summed E-state index contributed by atoms with van der Waals surface area (Å²) in [5.74, 6) is -4.11. The molecular weight excluding hydrogens is 691 g/mol. The topological polar surface area (TPSA) is 207 Å². The third-order valence-electron chi connectivity index (χ3n) is 6.06. The molecule has 228 valence electrons. The summed E-state index contributed by atoms with van der Waals surface area (Å²) in [7, 11) is -1.88. The summed E-state index contributed by atoms with van der Waals surface area (Å²) in [6.07, 6.45) is 0. The summed E-state index contributed by atoms with van der Waals surface area (Å²) in [6.45, 7) is 4.85.